The topological polar surface area (TPSA) is 108 Å². The lowest BCUT2D eigenvalue weighted by atomic mass is 9.45. The lowest BCUT2D eigenvalue weighted by Gasteiger charge is -2.60. The molecule has 1 aliphatic heterocycles. The molecule has 8 atom stereocenters. The van der Waals surface area contributed by atoms with Crippen LogP contribution in [0.1, 0.15) is 86.5 Å². The van der Waals surface area contributed by atoms with E-state index in [-0.39, 0.29) is 24.2 Å². The van der Waals surface area contributed by atoms with Crippen LogP contribution in [0.2, 0.25) is 0 Å². The molecule has 0 radical (unpaired) electrons. The van der Waals surface area contributed by atoms with E-state index >= 15 is 0 Å². The highest BCUT2D eigenvalue weighted by Gasteiger charge is 2.70. The fraction of sp³-hybridized carbons (Fsp3) is 0.700. The summed E-state index contributed by atoms with van der Waals surface area (Å²) in [5.74, 6) is -1.56. The molecular weight excluding hydrogens is 488 g/mol. The summed E-state index contributed by atoms with van der Waals surface area (Å²) in [4.78, 5) is 37.6. The lowest BCUT2D eigenvalue weighted by Crippen LogP contribution is -2.61. The third kappa shape index (κ3) is 5.76. The minimum absolute atomic E-state index is 0.0842. The van der Waals surface area contributed by atoms with Crippen molar-refractivity contribution in [3.8, 4) is 0 Å². The third-order valence-electron chi connectivity index (χ3n) is 8.75. The highest BCUT2D eigenvalue weighted by molar-refractivity contribution is 5.70. The maximum Gasteiger partial charge on any atom is 0.308 e. The first kappa shape index (κ1) is 30.1. The molecule has 1 spiro atoms. The summed E-state index contributed by atoms with van der Waals surface area (Å²) < 4.78 is 23.8. The predicted molar refractivity (Wildman–Crippen MR) is 141 cm³/mol. The number of aliphatic hydroxyl groups is 1. The lowest BCUT2D eigenvalue weighted by molar-refractivity contribution is -0.247. The molecule has 8 nitrogen and oxygen atoms in total. The van der Waals surface area contributed by atoms with Gasteiger partial charge in [0.2, 0.25) is 12.6 Å². The van der Waals surface area contributed by atoms with Crippen LogP contribution in [0, 0.1) is 22.7 Å². The van der Waals surface area contributed by atoms with E-state index in [1.165, 1.54) is 6.92 Å². The number of hydrogen-bond acceptors (Lipinski definition) is 8. The SMILES string of the molecule is C=CC(C)=CCC1(C)C(C)C(OC(=O)CCC)CC23C(=CC(O)CC12)C(OC(C)=O)OC3OC(=O)CCC. The minimum Gasteiger partial charge on any atom is -0.462 e. The molecule has 8 heteroatoms. The van der Waals surface area contributed by atoms with Gasteiger partial charge in [-0.1, -0.05) is 52.0 Å². The van der Waals surface area contributed by atoms with Gasteiger partial charge in [-0.3, -0.25) is 19.1 Å². The maximum atomic E-state index is 12.8. The van der Waals surface area contributed by atoms with Crippen LogP contribution in [0.5, 0.6) is 0 Å². The van der Waals surface area contributed by atoms with Gasteiger partial charge in [0.25, 0.3) is 0 Å². The average molecular weight is 533 g/mol. The van der Waals surface area contributed by atoms with Gasteiger partial charge in [0.15, 0.2) is 0 Å². The third-order valence-corrected chi connectivity index (χ3v) is 8.75. The van der Waals surface area contributed by atoms with Crippen LogP contribution in [0.15, 0.2) is 36.0 Å². The zero-order chi connectivity index (χ0) is 28.3. The highest BCUT2D eigenvalue weighted by Crippen LogP contribution is 2.67. The predicted octanol–water partition coefficient (Wildman–Crippen LogP) is 5.15. The molecule has 2 aliphatic carbocycles. The van der Waals surface area contributed by atoms with Gasteiger partial charge >= 0.3 is 17.9 Å². The van der Waals surface area contributed by atoms with E-state index in [9.17, 15) is 19.5 Å². The maximum absolute atomic E-state index is 12.8. The van der Waals surface area contributed by atoms with Gasteiger partial charge in [-0.25, -0.2) is 0 Å². The fourth-order valence-electron chi connectivity index (χ4n) is 6.58. The largest absolute Gasteiger partial charge is 0.462 e. The zero-order valence-corrected chi connectivity index (χ0v) is 23.7. The van der Waals surface area contributed by atoms with Crippen molar-refractivity contribution in [3.63, 3.8) is 0 Å². The standard InChI is InChI=1S/C30H44O8/c1-8-11-25(33)36-23-17-30-22(27(35-20(6)31)38-28(30)37-26(34)12-9-2)15-21(32)16-24(30)29(7,19(23)5)14-13-18(4)10-3/h10,13,15,19,21,23-24,27-28,32H,3,8-9,11-12,14,16-17H2,1-2,4-7H3. The van der Waals surface area contributed by atoms with E-state index in [2.05, 4.69) is 26.5 Å². The molecule has 1 N–H and O–H groups in total. The van der Waals surface area contributed by atoms with E-state index < -0.39 is 47.6 Å². The number of carbonyl (C=O) groups is 3. The van der Waals surface area contributed by atoms with Crippen LogP contribution in [0.25, 0.3) is 0 Å². The zero-order valence-electron chi connectivity index (χ0n) is 23.7. The molecular formula is C30H44O8. The Morgan fingerprint density at radius 3 is 2.34 bits per heavy atom. The van der Waals surface area contributed by atoms with E-state index in [1.807, 2.05) is 20.8 Å². The van der Waals surface area contributed by atoms with Crippen molar-refractivity contribution >= 4 is 17.9 Å². The summed E-state index contributed by atoms with van der Waals surface area (Å²) in [6, 6.07) is 0. The van der Waals surface area contributed by atoms with Crippen LogP contribution in [-0.4, -0.2) is 47.8 Å². The number of hydrogen-bond donors (Lipinski definition) is 1. The molecule has 1 saturated heterocycles. The van der Waals surface area contributed by atoms with Crippen molar-refractivity contribution in [3.05, 3.63) is 36.0 Å². The van der Waals surface area contributed by atoms with Crippen molar-refractivity contribution in [2.24, 2.45) is 22.7 Å². The van der Waals surface area contributed by atoms with Gasteiger partial charge in [0, 0.05) is 31.8 Å². The summed E-state index contributed by atoms with van der Waals surface area (Å²) in [5.41, 5.74) is 0.141. The molecule has 0 aromatic carbocycles. The Kier molecular flexibility index (Phi) is 9.63. The summed E-state index contributed by atoms with van der Waals surface area (Å²) in [5, 5.41) is 11.0. The van der Waals surface area contributed by atoms with Crippen molar-refractivity contribution < 1.29 is 38.4 Å². The first-order chi connectivity index (χ1) is 17.9. The van der Waals surface area contributed by atoms with E-state index in [0.29, 0.717) is 44.1 Å². The summed E-state index contributed by atoms with van der Waals surface area (Å²) in [6.07, 6.45) is 5.23. The fourth-order valence-corrected chi connectivity index (χ4v) is 6.58. The Morgan fingerprint density at radius 1 is 1.13 bits per heavy atom. The number of allylic oxidation sites excluding steroid dienone is 3. The number of rotatable bonds is 10. The molecule has 2 fully saturated rings. The van der Waals surface area contributed by atoms with Crippen molar-refractivity contribution in [1.29, 1.82) is 0 Å². The Hall–Kier alpha value is -2.45. The monoisotopic (exact) mass is 532 g/mol. The minimum atomic E-state index is -1.11. The molecule has 8 unspecified atom stereocenters. The van der Waals surface area contributed by atoms with Crippen LogP contribution < -0.4 is 0 Å². The smallest absolute Gasteiger partial charge is 0.308 e. The highest BCUT2D eigenvalue weighted by atomic mass is 16.8. The molecule has 1 saturated carbocycles. The van der Waals surface area contributed by atoms with Crippen LogP contribution >= 0.6 is 0 Å². The van der Waals surface area contributed by atoms with E-state index in [1.54, 1.807) is 12.2 Å². The second kappa shape index (κ2) is 12.2. The first-order valence-corrected chi connectivity index (χ1v) is 13.8. The van der Waals surface area contributed by atoms with Crippen molar-refractivity contribution in [2.75, 3.05) is 0 Å². The Labute approximate surface area is 226 Å². The second-order valence-corrected chi connectivity index (χ2v) is 11.3. The normalized spacial score (nSPS) is 36.4. The number of esters is 3. The average Bonchev–Trinajstić information content (AvgIpc) is 3.11. The molecule has 0 bridgehead atoms. The first-order valence-electron chi connectivity index (χ1n) is 13.8. The molecule has 0 amide bonds. The van der Waals surface area contributed by atoms with Crippen molar-refractivity contribution in [2.45, 2.75) is 111 Å². The van der Waals surface area contributed by atoms with Gasteiger partial charge in [-0.2, -0.15) is 0 Å². The molecule has 0 aromatic rings. The molecule has 212 valence electrons. The molecule has 38 heavy (non-hydrogen) atoms. The summed E-state index contributed by atoms with van der Waals surface area (Å²) in [6.45, 7) is 15.2. The van der Waals surface area contributed by atoms with Gasteiger partial charge in [0.1, 0.15) is 6.10 Å². The molecule has 0 aromatic heterocycles. The van der Waals surface area contributed by atoms with Crippen LogP contribution in [-0.2, 0) is 33.3 Å². The number of aliphatic hydroxyl groups excluding tert-OH is 1. The van der Waals surface area contributed by atoms with E-state index in [0.717, 1.165) is 5.57 Å². The van der Waals surface area contributed by atoms with Gasteiger partial charge in [-0.05, 0) is 55.9 Å². The van der Waals surface area contributed by atoms with Crippen LogP contribution in [0.3, 0.4) is 0 Å². The van der Waals surface area contributed by atoms with Gasteiger partial charge in [-0.15, -0.1) is 0 Å². The Morgan fingerprint density at radius 2 is 1.76 bits per heavy atom. The van der Waals surface area contributed by atoms with Crippen molar-refractivity contribution in [1.82, 2.24) is 0 Å². The number of ether oxygens (including phenoxy) is 4. The van der Waals surface area contributed by atoms with E-state index in [4.69, 9.17) is 18.9 Å². The van der Waals surface area contributed by atoms with Crippen LogP contribution in [0.4, 0.5) is 0 Å². The summed E-state index contributed by atoms with van der Waals surface area (Å²) in [7, 11) is 0. The number of carbonyl (C=O) groups excluding carboxylic acids is 3. The quantitative estimate of drug-likeness (QED) is 0.178. The molecule has 3 aliphatic rings. The Bertz CT molecular complexity index is 983. The second-order valence-electron chi connectivity index (χ2n) is 11.3. The molecule has 3 rings (SSSR count). The molecule has 1 heterocycles. The Balaban J connectivity index is 2.20. The van der Waals surface area contributed by atoms with Gasteiger partial charge < -0.3 is 19.3 Å². The van der Waals surface area contributed by atoms with Gasteiger partial charge in [0.05, 0.1) is 11.5 Å². The summed E-state index contributed by atoms with van der Waals surface area (Å²) >= 11 is 0.